The number of rotatable bonds is 6. The van der Waals surface area contributed by atoms with Crippen molar-refractivity contribution in [3.05, 3.63) is 93.7 Å². The molecule has 2 N–H and O–H groups in total. The van der Waals surface area contributed by atoms with Gasteiger partial charge in [-0.1, -0.05) is 6.07 Å². The molecule has 1 atom stereocenters. The minimum absolute atomic E-state index is 0.110. The summed E-state index contributed by atoms with van der Waals surface area (Å²) in [5.74, 6) is -2.55. The van der Waals surface area contributed by atoms with Crippen LogP contribution in [0.1, 0.15) is 27.7 Å². The molecule has 0 bridgehead atoms. The van der Waals surface area contributed by atoms with Gasteiger partial charge in [-0.2, -0.15) is 0 Å². The summed E-state index contributed by atoms with van der Waals surface area (Å²) in [5.41, 5.74) is -0.258. The van der Waals surface area contributed by atoms with E-state index in [1.807, 2.05) is 0 Å². The van der Waals surface area contributed by atoms with Crippen LogP contribution in [-0.2, 0) is 0 Å². The Balaban J connectivity index is 1.99. The highest BCUT2D eigenvalue weighted by Crippen LogP contribution is 2.27. The molecule has 9 heteroatoms. The predicted molar refractivity (Wildman–Crippen MR) is 93.6 cm³/mol. The Kier molecular flexibility index (Phi) is 5.73. The Morgan fingerprint density at radius 3 is 2.64 bits per heavy atom. The van der Waals surface area contributed by atoms with Crippen LogP contribution in [-0.4, -0.2) is 22.7 Å². The van der Waals surface area contributed by atoms with Crippen molar-refractivity contribution in [2.45, 2.75) is 6.04 Å². The molecule has 0 spiro atoms. The number of nitrogens with one attached hydrogen (secondary N) is 2. The highest BCUT2D eigenvalue weighted by atomic mass is 19.1. The van der Waals surface area contributed by atoms with Crippen LogP contribution in [0.25, 0.3) is 0 Å². The minimum Gasteiger partial charge on any atom is -0.460 e. The fourth-order valence-corrected chi connectivity index (χ4v) is 2.56. The summed E-state index contributed by atoms with van der Waals surface area (Å²) in [6.07, 6.45) is 2.52. The Labute approximate surface area is 157 Å². The molecule has 28 heavy (non-hydrogen) atoms. The normalized spacial score (nSPS) is 11.7. The topological polar surface area (TPSA) is 84.1 Å². The maximum Gasteiger partial charge on any atom is 0.253 e. The first-order valence-electron chi connectivity index (χ1n) is 8.08. The van der Waals surface area contributed by atoms with Crippen molar-refractivity contribution in [1.82, 2.24) is 15.3 Å². The van der Waals surface area contributed by atoms with Gasteiger partial charge in [0.15, 0.2) is 11.6 Å². The van der Waals surface area contributed by atoms with Gasteiger partial charge in [-0.25, -0.2) is 13.2 Å². The highest BCUT2D eigenvalue weighted by molar-refractivity contribution is 5.94. The summed E-state index contributed by atoms with van der Waals surface area (Å²) in [5, 5.41) is 2.56. The van der Waals surface area contributed by atoms with Gasteiger partial charge in [0.25, 0.3) is 5.91 Å². The third kappa shape index (κ3) is 4.20. The molecule has 144 valence electrons. The molecule has 1 amide bonds. The van der Waals surface area contributed by atoms with Gasteiger partial charge in [0.1, 0.15) is 11.5 Å². The summed E-state index contributed by atoms with van der Waals surface area (Å²) in [4.78, 5) is 30.0. The second kappa shape index (κ2) is 8.38. The largest absolute Gasteiger partial charge is 0.460 e. The van der Waals surface area contributed by atoms with E-state index in [9.17, 15) is 22.8 Å². The van der Waals surface area contributed by atoms with Crippen molar-refractivity contribution in [1.29, 1.82) is 0 Å². The van der Waals surface area contributed by atoms with E-state index in [1.54, 1.807) is 0 Å². The van der Waals surface area contributed by atoms with E-state index in [1.165, 1.54) is 36.7 Å². The summed E-state index contributed by atoms with van der Waals surface area (Å²) < 4.78 is 45.3. The molecular formula is C19H14F3N3O3. The molecule has 0 aliphatic heterocycles. The molecule has 0 radical (unpaired) electrons. The van der Waals surface area contributed by atoms with Gasteiger partial charge in [-0.05, 0) is 35.9 Å². The standard InChI is InChI=1S/C19H14F3N3O3/c20-10-28-15-5-3-11(8-14(15)22)17(18-13(21)2-1-7-23-18)25-19(27)12-4-6-16(26)24-9-12/h1-9,17H,10H2,(H,24,26)(H,25,27)/t17-/m0/s1. The first-order valence-corrected chi connectivity index (χ1v) is 8.08. The summed E-state index contributed by atoms with van der Waals surface area (Å²) in [7, 11) is 0. The van der Waals surface area contributed by atoms with Gasteiger partial charge in [-0.3, -0.25) is 14.6 Å². The predicted octanol–water partition coefficient (Wildman–Crippen LogP) is 2.87. The minimum atomic E-state index is -1.21. The fraction of sp³-hybridized carbons (Fsp3) is 0.105. The zero-order valence-electron chi connectivity index (χ0n) is 14.3. The van der Waals surface area contributed by atoms with E-state index in [0.29, 0.717) is 0 Å². The molecule has 0 saturated heterocycles. The van der Waals surface area contributed by atoms with Crippen molar-refractivity contribution in [3.8, 4) is 5.75 Å². The van der Waals surface area contributed by atoms with Crippen molar-refractivity contribution >= 4 is 5.91 Å². The van der Waals surface area contributed by atoms with Crippen molar-refractivity contribution in [2.24, 2.45) is 0 Å². The molecule has 3 aromatic rings. The third-order valence-corrected chi connectivity index (χ3v) is 3.88. The van der Waals surface area contributed by atoms with E-state index < -0.39 is 36.0 Å². The molecule has 0 fully saturated rings. The number of alkyl halides is 1. The van der Waals surface area contributed by atoms with E-state index in [4.69, 9.17) is 0 Å². The number of aromatic amines is 1. The first-order chi connectivity index (χ1) is 13.5. The number of halogens is 3. The highest BCUT2D eigenvalue weighted by Gasteiger charge is 2.23. The SMILES string of the molecule is O=C(N[C@@H](c1ccc(OCF)c(F)c1)c1ncccc1F)c1ccc(=O)[nH]c1. The van der Waals surface area contributed by atoms with Gasteiger partial charge in [-0.15, -0.1) is 0 Å². The van der Waals surface area contributed by atoms with Gasteiger partial charge < -0.3 is 15.0 Å². The first kappa shape index (κ1) is 19.2. The van der Waals surface area contributed by atoms with Crippen molar-refractivity contribution < 1.29 is 22.7 Å². The lowest BCUT2D eigenvalue weighted by Gasteiger charge is -2.20. The van der Waals surface area contributed by atoms with E-state index in [0.717, 1.165) is 18.2 Å². The number of nitrogens with zero attached hydrogens (tertiary/aromatic N) is 1. The molecular weight excluding hydrogens is 375 g/mol. The molecule has 0 aliphatic carbocycles. The number of carbonyl (C=O) groups excluding carboxylic acids is 1. The van der Waals surface area contributed by atoms with Gasteiger partial charge >= 0.3 is 0 Å². The fourth-order valence-electron chi connectivity index (χ4n) is 2.56. The monoisotopic (exact) mass is 389 g/mol. The second-order valence-electron chi connectivity index (χ2n) is 5.66. The number of hydrogen-bond acceptors (Lipinski definition) is 4. The number of hydrogen-bond donors (Lipinski definition) is 2. The molecule has 3 rings (SSSR count). The third-order valence-electron chi connectivity index (χ3n) is 3.88. The lowest BCUT2D eigenvalue weighted by Crippen LogP contribution is -2.31. The number of H-pyrrole nitrogens is 1. The maximum absolute atomic E-state index is 14.3. The number of ether oxygens (including phenoxy) is 1. The molecule has 2 aromatic heterocycles. The molecule has 1 aromatic carbocycles. The van der Waals surface area contributed by atoms with Gasteiger partial charge in [0.05, 0.1) is 11.6 Å². The van der Waals surface area contributed by atoms with E-state index in [2.05, 4.69) is 20.0 Å². The lowest BCUT2D eigenvalue weighted by atomic mass is 10.0. The molecule has 0 saturated carbocycles. The van der Waals surface area contributed by atoms with Crippen molar-refractivity contribution in [3.63, 3.8) is 0 Å². The summed E-state index contributed by atoms with van der Waals surface area (Å²) in [6, 6.07) is 7.36. The van der Waals surface area contributed by atoms with E-state index in [-0.39, 0.29) is 22.6 Å². The number of carbonyl (C=O) groups is 1. The number of aromatic nitrogens is 2. The molecule has 6 nitrogen and oxygen atoms in total. The second-order valence-corrected chi connectivity index (χ2v) is 5.66. The van der Waals surface area contributed by atoms with Crippen LogP contribution >= 0.6 is 0 Å². The smallest absolute Gasteiger partial charge is 0.253 e. The van der Waals surface area contributed by atoms with Crippen LogP contribution < -0.4 is 15.6 Å². The van der Waals surface area contributed by atoms with Crippen molar-refractivity contribution in [2.75, 3.05) is 6.86 Å². The average molecular weight is 389 g/mol. The summed E-state index contributed by atoms with van der Waals surface area (Å²) in [6.45, 7) is -1.21. The molecule has 2 heterocycles. The lowest BCUT2D eigenvalue weighted by molar-refractivity contribution is 0.0941. The van der Waals surface area contributed by atoms with Crippen LogP contribution in [0.15, 0.2) is 59.7 Å². The maximum atomic E-state index is 14.3. The Hall–Kier alpha value is -3.62. The van der Waals surface area contributed by atoms with Crippen LogP contribution in [0.4, 0.5) is 13.2 Å². The van der Waals surface area contributed by atoms with Crippen LogP contribution in [0, 0.1) is 11.6 Å². The number of benzene rings is 1. The van der Waals surface area contributed by atoms with Crippen LogP contribution in [0.5, 0.6) is 5.75 Å². The Bertz CT molecular complexity index is 1040. The zero-order chi connectivity index (χ0) is 20.1. The zero-order valence-corrected chi connectivity index (χ0v) is 14.3. The Morgan fingerprint density at radius 2 is 2.00 bits per heavy atom. The average Bonchev–Trinajstić information content (AvgIpc) is 2.69. The van der Waals surface area contributed by atoms with Gasteiger partial charge in [0.2, 0.25) is 12.4 Å². The van der Waals surface area contributed by atoms with Crippen LogP contribution in [0.3, 0.4) is 0 Å². The van der Waals surface area contributed by atoms with E-state index >= 15 is 0 Å². The Morgan fingerprint density at radius 1 is 1.18 bits per heavy atom. The summed E-state index contributed by atoms with van der Waals surface area (Å²) >= 11 is 0. The van der Waals surface area contributed by atoms with Gasteiger partial charge in [0, 0.05) is 18.5 Å². The van der Waals surface area contributed by atoms with Crippen LogP contribution in [0.2, 0.25) is 0 Å². The quantitative estimate of drug-likeness (QED) is 0.679. The number of amides is 1. The molecule has 0 unspecified atom stereocenters. The number of pyridine rings is 2. The molecule has 0 aliphatic rings.